The zero-order valence-corrected chi connectivity index (χ0v) is 18.0. The topological polar surface area (TPSA) is 92.8 Å². The Balaban J connectivity index is 2.03. The van der Waals surface area contributed by atoms with Crippen molar-refractivity contribution in [1.29, 1.82) is 0 Å². The van der Waals surface area contributed by atoms with Gasteiger partial charge in [-0.05, 0) is 55.5 Å². The highest BCUT2D eigenvalue weighted by atomic mass is 35.5. The molecule has 1 atom stereocenters. The first kappa shape index (κ1) is 22.9. The number of carbonyl (C=O) groups is 2. The Morgan fingerprint density at radius 2 is 1.59 bits per heavy atom. The van der Waals surface area contributed by atoms with Crippen molar-refractivity contribution >= 4 is 39.2 Å². The number of ether oxygens (including phenoxy) is 1. The summed E-state index contributed by atoms with van der Waals surface area (Å²) >= 11 is 5.80. The predicted octanol–water partition coefficient (Wildman–Crippen LogP) is 3.55. The number of rotatable bonds is 8. The lowest BCUT2D eigenvalue weighted by atomic mass is 10.2. The van der Waals surface area contributed by atoms with Crippen molar-refractivity contribution in [3.05, 3.63) is 59.1 Å². The van der Waals surface area contributed by atoms with Gasteiger partial charge in [-0.3, -0.25) is 4.79 Å². The molecule has 1 amide bonds. The van der Waals surface area contributed by atoms with Crippen molar-refractivity contribution in [2.24, 2.45) is 0 Å². The second kappa shape index (κ2) is 9.87. The van der Waals surface area contributed by atoms with Crippen LogP contribution in [0.25, 0.3) is 0 Å². The van der Waals surface area contributed by atoms with E-state index in [1.54, 1.807) is 38.1 Å². The lowest BCUT2D eigenvalue weighted by Crippen LogP contribution is -2.31. The second-order valence-electron chi connectivity index (χ2n) is 6.16. The van der Waals surface area contributed by atoms with E-state index in [4.69, 9.17) is 16.3 Å². The molecule has 0 aromatic heterocycles. The lowest BCUT2D eigenvalue weighted by Gasteiger charge is -2.18. The first-order chi connectivity index (χ1) is 13.7. The summed E-state index contributed by atoms with van der Waals surface area (Å²) in [5.74, 6) is -1.23. The molecule has 2 aromatic carbocycles. The average molecular weight is 439 g/mol. The molecule has 0 bridgehead atoms. The van der Waals surface area contributed by atoms with Crippen LogP contribution in [0, 0.1) is 0 Å². The Hall–Kier alpha value is -2.42. The summed E-state index contributed by atoms with van der Waals surface area (Å²) in [6, 6.07) is 11.9. The maximum atomic E-state index is 12.5. The summed E-state index contributed by atoms with van der Waals surface area (Å²) in [5.41, 5.74) is 0.669. The molecule has 1 N–H and O–H groups in total. The fourth-order valence-corrected chi connectivity index (χ4v) is 4.12. The van der Waals surface area contributed by atoms with Crippen LogP contribution in [-0.2, 0) is 19.6 Å². The molecule has 9 heteroatoms. The summed E-state index contributed by atoms with van der Waals surface area (Å²) in [6.45, 7) is 5.65. The maximum Gasteiger partial charge on any atom is 0.338 e. The fraction of sp³-hybridized carbons (Fsp3) is 0.300. The highest BCUT2D eigenvalue weighted by molar-refractivity contribution is 7.89. The molecule has 0 aliphatic rings. The minimum atomic E-state index is -3.61. The van der Waals surface area contributed by atoms with Gasteiger partial charge in [0.05, 0.1) is 10.5 Å². The SMILES string of the molecule is CCN(CC)S(=O)(=O)c1ccc(C(=O)O[C@@H](C)C(=O)Nc2ccc(Cl)cc2)cc1. The van der Waals surface area contributed by atoms with Gasteiger partial charge in [-0.1, -0.05) is 25.4 Å². The number of hydrogen-bond donors (Lipinski definition) is 1. The van der Waals surface area contributed by atoms with Crippen LogP contribution in [0.1, 0.15) is 31.1 Å². The van der Waals surface area contributed by atoms with Crippen LogP contribution in [-0.4, -0.2) is 43.8 Å². The van der Waals surface area contributed by atoms with Crippen molar-refractivity contribution in [1.82, 2.24) is 4.31 Å². The molecule has 7 nitrogen and oxygen atoms in total. The molecule has 0 fully saturated rings. The van der Waals surface area contributed by atoms with Crippen LogP contribution in [0.3, 0.4) is 0 Å². The molecule has 0 saturated carbocycles. The smallest absolute Gasteiger partial charge is 0.338 e. The van der Waals surface area contributed by atoms with Gasteiger partial charge < -0.3 is 10.1 Å². The van der Waals surface area contributed by atoms with E-state index in [0.29, 0.717) is 23.8 Å². The Labute approximate surface area is 175 Å². The van der Waals surface area contributed by atoms with Crippen LogP contribution >= 0.6 is 11.6 Å². The Morgan fingerprint density at radius 1 is 1.03 bits per heavy atom. The van der Waals surface area contributed by atoms with E-state index in [1.165, 1.54) is 35.5 Å². The first-order valence-corrected chi connectivity index (χ1v) is 10.9. The van der Waals surface area contributed by atoms with E-state index in [2.05, 4.69) is 5.32 Å². The van der Waals surface area contributed by atoms with Gasteiger partial charge in [0, 0.05) is 23.8 Å². The zero-order chi connectivity index (χ0) is 21.6. The number of hydrogen-bond acceptors (Lipinski definition) is 5. The van der Waals surface area contributed by atoms with Crippen molar-refractivity contribution in [2.45, 2.75) is 31.8 Å². The van der Waals surface area contributed by atoms with Crippen LogP contribution in [0.15, 0.2) is 53.4 Å². The monoisotopic (exact) mass is 438 g/mol. The molecule has 0 aliphatic heterocycles. The molecule has 2 rings (SSSR count). The minimum absolute atomic E-state index is 0.0891. The van der Waals surface area contributed by atoms with Gasteiger partial charge >= 0.3 is 5.97 Å². The minimum Gasteiger partial charge on any atom is -0.449 e. The van der Waals surface area contributed by atoms with Crippen LogP contribution in [0.2, 0.25) is 5.02 Å². The Morgan fingerprint density at radius 3 is 2.10 bits per heavy atom. The normalized spacial score (nSPS) is 12.4. The van der Waals surface area contributed by atoms with Gasteiger partial charge in [0.1, 0.15) is 0 Å². The molecular weight excluding hydrogens is 416 g/mol. The molecule has 0 spiro atoms. The van der Waals surface area contributed by atoms with E-state index >= 15 is 0 Å². The number of nitrogens with zero attached hydrogens (tertiary/aromatic N) is 1. The molecule has 0 radical (unpaired) electrons. The van der Waals surface area contributed by atoms with E-state index in [1.807, 2.05) is 0 Å². The molecule has 2 aromatic rings. The molecule has 0 aliphatic carbocycles. The molecule has 0 unspecified atom stereocenters. The number of halogens is 1. The number of anilines is 1. The van der Waals surface area contributed by atoms with Crippen molar-refractivity contribution in [3.8, 4) is 0 Å². The third-order valence-electron chi connectivity index (χ3n) is 4.20. The van der Waals surface area contributed by atoms with Crippen LogP contribution < -0.4 is 5.32 Å². The predicted molar refractivity (Wildman–Crippen MR) is 112 cm³/mol. The van der Waals surface area contributed by atoms with Gasteiger partial charge in [-0.15, -0.1) is 0 Å². The van der Waals surface area contributed by atoms with E-state index < -0.39 is 28.0 Å². The third kappa shape index (κ3) is 5.79. The molecule has 0 saturated heterocycles. The molecule has 0 heterocycles. The Bertz CT molecular complexity index is 955. The Kier molecular flexibility index (Phi) is 7.78. The first-order valence-electron chi connectivity index (χ1n) is 9.06. The summed E-state index contributed by atoms with van der Waals surface area (Å²) in [6.07, 6.45) is -1.04. The number of sulfonamides is 1. The number of esters is 1. The lowest BCUT2D eigenvalue weighted by molar-refractivity contribution is -0.123. The van der Waals surface area contributed by atoms with Crippen LogP contribution in [0.4, 0.5) is 5.69 Å². The maximum absolute atomic E-state index is 12.5. The van der Waals surface area contributed by atoms with Gasteiger partial charge in [0.15, 0.2) is 6.10 Å². The van der Waals surface area contributed by atoms with E-state index in [9.17, 15) is 18.0 Å². The van der Waals surface area contributed by atoms with Crippen molar-refractivity contribution in [2.75, 3.05) is 18.4 Å². The highest BCUT2D eigenvalue weighted by Gasteiger charge is 2.23. The van der Waals surface area contributed by atoms with Gasteiger partial charge in [0.25, 0.3) is 5.91 Å². The third-order valence-corrected chi connectivity index (χ3v) is 6.51. The fourth-order valence-electron chi connectivity index (χ4n) is 2.53. The van der Waals surface area contributed by atoms with Crippen molar-refractivity contribution in [3.63, 3.8) is 0 Å². The summed E-state index contributed by atoms with van der Waals surface area (Å²) < 4.78 is 31.5. The van der Waals surface area contributed by atoms with E-state index in [-0.39, 0.29) is 10.5 Å². The van der Waals surface area contributed by atoms with E-state index in [0.717, 1.165) is 0 Å². The molecule has 29 heavy (non-hydrogen) atoms. The van der Waals surface area contributed by atoms with Gasteiger partial charge in [-0.25, -0.2) is 13.2 Å². The molecular formula is C20H23ClN2O5S. The zero-order valence-electron chi connectivity index (χ0n) is 16.4. The summed E-state index contributed by atoms with van der Waals surface area (Å²) in [5, 5.41) is 3.16. The van der Waals surface area contributed by atoms with Gasteiger partial charge in [0.2, 0.25) is 10.0 Å². The number of nitrogens with one attached hydrogen (secondary N) is 1. The molecule has 156 valence electrons. The number of benzene rings is 2. The number of amides is 1. The number of carbonyl (C=O) groups excluding carboxylic acids is 2. The summed E-state index contributed by atoms with van der Waals surface area (Å²) in [7, 11) is -3.61. The highest BCUT2D eigenvalue weighted by Crippen LogP contribution is 2.17. The largest absolute Gasteiger partial charge is 0.449 e. The van der Waals surface area contributed by atoms with Crippen molar-refractivity contribution < 1.29 is 22.7 Å². The second-order valence-corrected chi connectivity index (χ2v) is 8.53. The van der Waals surface area contributed by atoms with Gasteiger partial charge in [-0.2, -0.15) is 4.31 Å². The average Bonchev–Trinajstić information content (AvgIpc) is 2.70. The van der Waals surface area contributed by atoms with Crippen LogP contribution in [0.5, 0.6) is 0 Å². The quantitative estimate of drug-likeness (QED) is 0.636. The standard InChI is InChI=1S/C20H23ClN2O5S/c1-4-23(5-2)29(26,27)18-12-6-15(7-13-18)20(25)28-14(3)19(24)22-17-10-8-16(21)9-11-17/h6-14H,4-5H2,1-3H3,(H,22,24)/t14-/m0/s1. The summed E-state index contributed by atoms with van der Waals surface area (Å²) in [4.78, 5) is 24.6.